The molecule has 37 heavy (non-hydrogen) atoms. The predicted molar refractivity (Wildman–Crippen MR) is 143 cm³/mol. The SMILES string of the molecule is CC(C)c1c(-c2cn3ncnc3c3c2COC3)[nH]c2ccc(C3CCN(C(=O)OC(C)(C)C)CC3)cc12. The van der Waals surface area contributed by atoms with E-state index in [1.54, 1.807) is 6.33 Å². The van der Waals surface area contributed by atoms with Gasteiger partial charge in [0.15, 0.2) is 5.65 Å². The summed E-state index contributed by atoms with van der Waals surface area (Å²) < 4.78 is 13.3. The van der Waals surface area contributed by atoms with Crippen LogP contribution in [0.15, 0.2) is 30.7 Å². The van der Waals surface area contributed by atoms with Crippen molar-refractivity contribution in [2.75, 3.05) is 13.1 Å². The lowest BCUT2D eigenvalue weighted by molar-refractivity contribution is 0.0205. The number of carbonyl (C=O) groups excluding carboxylic acids is 1. The quantitative estimate of drug-likeness (QED) is 0.364. The van der Waals surface area contributed by atoms with Gasteiger partial charge in [-0.25, -0.2) is 14.3 Å². The number of aromatic amines is 1. The van der Waals surface area contributed by atoms with E-state index in [0.717, 1.165) is 53.9 Å². The number of hydrogen-bond acceptors (Lipinski definition) is 5. The Morgan fingerprint density at radius 3 is 2.65 bits per heavy atom. The van der Waals surface area contributed by atoms with Crippen molar-refractivity contribution in [3.05, 3.63) is 53.0 Å². The summed E-state index contributed by atoms with van der Waals surface area (Å²) >= 11 is 0. The Morgan fingerprint density at radius 2 is 1.92 bits per heavy atom. The van der Waals surface area contributed by atoms with Gasteiger partial charge in [0.2, 0.25) is 0 Å². The van der Waals surface area contributed by atoms with Crippen LogP contribution in [0.1, 0.15) is 81.5 Å². The molecule has 3 aromatic heterocycles. The minimum atomic E-state index is -0.469. The monoisotopic (exact) mass is 501 g/mol. The molecule has 0 bridgehead atoms. The molecule has 1 aromatic carbocycles. The van der Waals surface area contributed by atoms with Crippen molar-refractivity contribution in [2.24, 2.45) is 0 Å². The van der Waals surface area contributed by atoms with Crippen molar-refractivity contribution >= 4 is 22.6 Å². The number of H-pyrrole nitrogens is 1. The number of benzene rings is 1. The molecule has 1 fully saturated rings. The van der Waals surface area contributed by atoms with E-state index in [1.165, 1.54) is 22.1 Å². The van der Waals surface area contributed by atoms with E-state index >= 15 is 0 Å². The Kier molecular flexibility index (Phi) is 5.75. The van der Waals surface area contributed by atoms with Gasteiger partial charge < -0.3 is 19.4 Å². The predicted octanol–water partition coefficient (Wildman–Crippen LogP) is 6.15. The molecule has 4 aromatic rings. The van der Waals surface area contributed by atoms with Crippen LogP contribution in [0, 0.1) is 0 Å². The molecular weight excluding hydrogens is 466 g/mol. The van der Waals surface area contributed by atoms with Gasteiger partial charge in [-0.2, -0.15) is 5.10 Å². The molecule has 0 radical (unpaired) electrons. The molecule has 1 N–H and O–H groups in total. The molecule has 0 spiro atoms. The van der Waals surface area contributed by atoms with Gasteiger partial charge in [-0.05, 0) is 74.3 Å². The highest BCUT2D eigenvalue weighted by molar-refractivity contribution is 5.93. The van der Waals surface area contributed by atoms with Crippen molar-refractivity contribution in [1.82, 2.24) is 24.5 Å². The van der Waals surface area contributed by atoms with E-state index in [9.17, 15) is 4.79 Å². The fourth-order valence-corrected chi connectivity index (χ4v) is 5.86. The number of aromatic nitrogens is 4. The number of nitrogens with one attached hydrogen (secondary N) is 1. The molecule has 0 atom stereocenters. The molecule has 2 aliphatic heterocycles. The van der Waals surface area contributed by atoms with Crippen molar-refractivity contribution in [2.45, 2.75) is 78.1 Å². The van der Waals surface area contributed by atoms with Crippen molar-refractivity contribution < 1.29 is 14.3 Å². The van der Waals surface area contributed by atoms with Crippen molar-refractivity contribution in [1.29, 1.82) is 0 Å². The number of ether oxygens (including phenoxy) is 2. The summed E-state index contributed by atoms with van der Waals surface area (Å²) in [4.78, 5) is 22.5. The lowest BCUT2D eigenvalue weighted by Gasteiger charge is -2.33. The van der Waals surface area contributed by atoms with E-state index in [0.29, 0.717) is 25.0 Å². The van der Waals surface area contributed by atoms with E-state index in [-0.39, 0.29) is 6.09 Å². The fourth-order valence-electron chi connectivity index (χ4n) is 5.86. The first-order chi connectivity index (χ1) is 17.7. The molecule has 0 unspecified atom stereocenters. The Bertz CT molecular complexity index is 1480. The highest BCUT2D eigenvalue weighted by Gasteiger charge is 2.29. The van der Waals surface area contributed by atoms with Gasteiger partial charge in [-0.15, -0.1) is 0 Å². The highest BCUT2D eigenvalue weighted by Crippen LogP contribution is 2.41. The third-order valence-corrected chi connectivity index (χ3v) is 7.60. The number of likely N-dealkylation sites (tertiary alicyclic amines) is 1. The number of nitrogens with zero attached hydrogens (tertiary/aromatic N) is 4. The van der Waals surface area contributed by atoms with Crippen LogP contribution in [0.2, 0.25) is 0 Å². The number of fused-ring (bicyclic) bond motifs is 4. The van der Waals surface area contributed by atoms with Gasteiger partial charge in [0, 0.05) is 41.3 Å². The molecule has 5 heterocycles. The molecule has 2 aliphatic rings. The second-order valence-electron chi connectivity index (χ2n) is 11.6. The summed E-state index contributed by atoms with van der Waals surface area (Å²) in [6.07, 6.45) is 5.35. The number of rotatable bonds is 3. The summed E-state index contributed by atoms with van der Waals surface area (Å²) in [6, 6.07) is 6.82. The average molecular weight is 502 g/mol. The van der Waals surface area contributed by atoms with Crippen molar-refractivity contribution in [3.63, 3.8) is 0 Å². The minimum Gasteiger partial charge on any atom is -0.444 e. The highest BCUT2D eigenvalue weighted by atomic mass is 16.6. The molecule has 1 saturated heterocycles. The van der Waals surface area contributed by atoms with Crippen LogP contribution in [0.4, 0.5) is 4.79 Å². The lowest BCUT2D eigenvalue weighted by atomic mass is 9.87. The maximum Gasteiger partial charge on any atom is 0.410 e. The topological polar surface area (TPSA) is 84.8 Å². The maximum atomic E-state index is 12.5. The fraction of sp³-hybridized carbons (Fsp3) is 0.483. The van der Waals surface area contributed by atoms with Gasteiger partial charge in [-0.1, -0.05) is 19.9 Å². The Hall–Kier alpha value is -3.39. The number of piperidine rings is 1. The number of pyridine rings is 1. The van der Waals surface area contributed by atoms with E-state index in [4.69, 9.17) is 9.47 Å². The van der Waals surface area contributed by atoms with E-state index in [1.807, 2.05) is 30.2 Å². The summed E-state index contributed by atoms with van der Waals surface area (Å²) in [5, 5.41) is 5.69. The van der Waals surface area contributed by atoms with Gasteiger partial charge in [-0.3, -0.25) is 0 Å². The number of carbonyl (C=O) groups is 1. The Morgan fingerprint density at radius 1 is 1.16 bits per heavy atom. The Balaban J connectivity index is 1.34. The molecule has 194 valence electrons. The van der Waals surface area contributed by atoms with Crippen LogP contribution in [-0.2, 0) is 22.7 Å². The zero-order valence-electron chi connectivity index (χ0n) is 22.3. The summed E-state index contributed by atoms with van der Waals surface area (Å²) in [7, 11) is 0. The molecule has 0 aliphatic carbocycles. The standard InChI is InChI=1S/C29H35N5O3/c1-17(2)25-20-12-19(18-8-10-33(11-9-18)28(35)37-29(3,4)5)6-7-24(20)32-26(25)21-13-34-27(30-16-31-34)23-15-36-14-22(21)23/h6-7,12-13,16-18,32H,8-11,14-15H2,1-5H3. The largest absolute Gasteiger partial charge is 0.444 e. The van der Waals surface area contributed by atoms with Crippen LogP contribution in [0.3, 0.4) is 0 Å². The van der Waals surface area contributed by atoms with Crippen LogP contribution in [-0.4, -0.2) is 49.3 Å². The summed E-state index contributed by atoms with van der Waals surface area (Å²) in [5.41, 5.74) is 8.80. The molecule has 1 amide bonds. The molecule has 0 saturated carbocycles. The first-order valence-electron chi connectivity index (χ1n) is 13.2. The molecule has 8 nitrogen and oxygen atoms in total. The van der Waals surface area contributed by atoms with Gasteiger partial charge in [0.05, 0.1) is 18.9 Å². The number of amides is 1. The smallest absolute Gasteiger partial charge is 0.410 e. The lowest BCUT2D eigenvalue weighted by Crippen LogP contribution is -2.41. The second kappa shape index (κ2) is 8.87. The minimum absolute atomic E-state index is 0.209. The first kappa shape index (κ1) is 24.0. The van der Waals surface area contributed by atoms with Crippen LogP contribution < -0.4 is 0 Å². The molecular formula is C29H35N5O3. The van der Waals surface area contributed by atoms with Crippen molar-refractivity contribution in [3.8, 4) is 11.3 Å². The van der Waals surface area contributed by atoms with Crippen LogP contribution in [0.25, 0.3) is 27.8 Å². The average Bonchev–Trinajstić information content (AvgIpc) is 3.59. The zero-order chi connectivity index (χ0) is 25.9. The van der Waals surface area contributed by atoms with Gasteiger partial charge in [0.25, 0.3) is 0 Å². The zero-order valence-corrected chi connectivity index (χ0v) is 22.3. The van der Waals surface area contributed by atoms with Crippen LogP contribution in [0.5, 0.6) is 0 Å². The van der Waals surface area contributed by atoms with Gasteiger partial charge in [0.1, 0.15) is 11.9 Å². The summed E-state index contributed by atoms with van der Waals surface area (Å²) in [5.74, 6) is 0.753. The number of hydrogen-bond donors (Lipinski definition) is 1. The van der Waals surface area contributed by atoms with Crippen LogP contribution >= 0.6 is 0 Å². The van der Waals surface area contributed by atoms with Gasteiger partial charge >= 0.3 is 6.09 Å². The Labute approximate surface area is 217 Å². The third-order valence-electron chi connectivity index (χ3n) is 7.60. The third kappa shape index (κ3) is 4.27. The maximum absolute atomic E-state index is 12.5. The summed E-state index contributed by atoms with van der Waals surface area (Å²) in [6.45, 7) is 12.8. The normalized spacial score (nSPS) is 16.8. The molecule has 8 heteroatoms. The van der Waals surface area contributed by atoms with E-state index in [2.05, 4.69) is 53.3 Å². The molecule has 6 rings (SSSR count). The first-order valence-corrected chi connectivity index (χ1v) is 13.2. The van der Waals surface area contributed by atoms with E-state index < -0.39 is 5.60 Å². The second-order valence-corrected chi connectivity index (χ2v) is 11.6.